The average Bonchev–Trinajstić information content (AvgIpc) is 2.97. The summed E-state index contributed by atoms with van der Waals surface area (Å²) in [6.07, 6.45) is 6.39. The molecule has 0 radical (unpaired) electrons. The second-order valence-electron chi connectivity index (χ2n) is 6.36. The third-order valence-electron chi connectivity index (χ3n) is 4.59. The van der Waals surface area contributed by atoms with Crippen LogP contribution in [0.1, 0.15) is 37.7 Å². The van der Waals surface area contributed by atoms with E-state index in [1.165, 1.54) is 48.7 Å². The van der Waals surface area contributed by atoms with E-state index < -0.39 is 6.10 Å². The van der Waals surface area contributed by atoms with E-state index in [1.807, 2.05) is 0 Å². The maximum absolute atomic E-state index is 13.5. The number of aliphatic hydroxyl groups excluding tert-OH is 1. The smallest absolute Gasteiger partial charge is 0.261 e. The summed E-state index contributed by atoms with van der Waals surface area (Å²) >= 11 is 0. The van der Waals surface area contributed by atoms with Gasteiger partial charge in [-0.3, -0.25) is 9.36 Å². The molecule has 3 rings (SSSR count). The molecule has 0 spiro atoms. The fourth-order valence-corrected chi connectivity index (χ4v) is 3.35. The number of fused-ring (bicyclic) bond motifs is 1. The van der Waals surface area contributed by atoms with Crippen molar-refractivity contribution in [3.63, 3.8) is 0 Å². The molecule has 1 heterocycles. The van der Waals surface area contributed by atoms with Crippen molar-refractivity contribution in [1.82, 2.24) is 9.55 Å². The van der Waals surface area contributed by atoms with Crippen molar-refractivity contribution in [2.75, 3.05) is 0 Å². The molecule has 5 heteroatoms. The lowest BCUT2D eigenvalue weighted by Crippen LogP contribution is -2.28. The fraction of sp³-hybridized carbons (Fsp3) is 0.529. The highest BCUT2D eigenvalue weighted by molar-refractivity contribution is 5.78. The summed E-state index contributed by atoms with van der Waals surface area (Å²) in [5.41, 5.74) is 0.559. The van der Waals surface area contributed by atoms with Crippen molar-refractivity contribution in [2.24, 2.45) is 5.92 Å². The Hall–Kier alpha value is -1.75. The van der Waals surface area contributed by atoms with Gasteiger partial charge in [-0.25, -0.2) is 9.37 Å². The van der Waals surface area contributed by atoms with E-state index in [0.717, 1.165) is 6.42 Å². The van der Waals surface area contributed by atoms with Crippen molar-refractivity contribution >= 4 is 10.9 Å². The molecule has 4 nitrogen and oxygen atoms in total. The summed E-state index contributed by atoms with van der Waals surface area (Å²) in [5, 5.41) is 10.6. The fourth-order valence-electron chi connectivity index (χ4n) is 3.35. The Morgan fingerprint density at radius 2 is 2.14 bits per heavy atom. The second-order valence-corrected chi connectivity index (χ2v) is 6.36. The maximum atomic E-state index is 13.5. The van der Waals surface area contributed by atoms with Gasteiger partial charge in [0.1, 0.15) is 5.82 Å². The molecule has 0 amide bonds. The first-order valence-corrected chi connectivity index (χ1v) is 7.88. The highest BCUT2D eigenvalue weighted by atomic mass is 19.1. The lowest BCUT2D eigenvalue weighted by atomic mass is 10.00. The highest BCUT2D eigenvalue weighted by Gasteiger charge is 2.19. The molecule has 22 heavy (non-hydrogen) atoms. The van der Waals surface area contributed by atoms with Crippen molar-refractivity contribution in [2.45, 2.75) is 51.7 Å². The van der Waals surface area contributed by atoms with Crippen LogP contribution in [0.2, 0.25) is 0 Å². The summed E-state index contributed by atoms with van der Waals surface area (Å²) < 4.78 is 15.0. The molecular formula is C17H21FN2O2. The number of aliphatic hydroxyl groups is 1. The molecule has 1 atom stereocenters. The topological polar surface area (TPSA) is 55.1 Å². The van der Waals surface area contributed by atoms with Crippen LogP contribution in [-0.2, 0) is 6.54 Å². The molecule has 0 bridgehead atoms. The van der Waals surface area contributed by atoms with Crippen LogP contribution in [0.4, 0.5) is 4.39 Å². The number of hydrogen-bond donors (Lipinski definition) is 1. The van der Waals surface area contributed by atoms with Gasteiger partial charge in [-0.1, -0.05) is 25.7 Å². The largest absolute Gasteiger partial charge is 0.391 e. The Kier molecular flexibility index (Phi) is 4.25. The number of halogens is 1. The second kappa shape index (κ2) is 6.16. The summed E-state index contributed by atoms with van der Waals surface area (Å²) in [4.78, 5) is 16.6. The lowest BCUT2D eigenvalue weighted by Gasteiger charge is -2.16. The van der Waals surface area contributed by atoms with Gasteiger partial charge in [-0.15, -0.1) is 0 Å². The molecule has 1 aliphatic rings. The quantitative estimate of drug-likeness (QED) is 0.945. The summed E-state index contributed by atoms with van der Waals surface area (Å²) in [7, 11) is 0. The first-order valence-electron chi connectivity index (χ1n) is 7.88. The van der Waals surface area contributed by atoms with Gasteiger partial charge in [0.2, 0.25) is 0 Å². The molecule has 1 aromatic heterocycles. The predicted octanol–water partition coefficient (Wildman–Crippen LogP) is 2.79. The van der Waals surface area contributed by atoms with Gasteiger partial charge in [0.25, 0.3) is 5.56 Å². The molecule has 0 saturated heterocycles. The van der Waals surface area contributed by atoms with Crippen molar-refractivity contribution in [1.29, 1.82) is 0 Å². The minimum atomic E-state index is -0.540. The van der Waals surface area contributed by atoms with Gasteiger partial charge in [-0.05, 0) is 30.9 Å². The summed E-state index contributed by atoms with van der Waals surface area (Å²) in [5.74, 6) is 0.203. The summed E-state index contributed by atoms with van der Waals surface area (Å²) in [6, 6.07) is 2.81. The lowest BCUT2D eigenvalue weighted by molar-refractivity contribution is 0.123. The molecule has 0 unspecified atom stereocenters. The molecular weight excluding hydrogens is 283 g/mol. The van der Waals surface area contributed by atoms with Crippen molar-refractivity contribution in [3.05, 3.63) is 40.2 Å². The van der Waals surface area contributed by atoms with Gasteiger partial charge in [0.15, 0.2) is 0 Å². The number of aryl methyl sites for hydroxylation is 1. The highest BCUT2D eigenvalue weighted by Crippen LogP contribution is 2.28. The van der Waals surface area contributed by atoms with Crippen LogP contribution in [0, 0.1) is 18.7 Å². The molecule has 1 aromatic carbocycles. The van der Waals surface area contributed by atoms with Crippen molar-refractivity contribution in [3.8, 4) is 0 Å². The molecule has 1 fully saturated rings. The number of aromatic nitrogens is 2. The van der Waals surface area contributed by atoms with Gasteiger partial charge in [0, 0.05) is 6.07 Å². The van der Waals surface area contributed by atoms with Crippen LogP contribution in [-0.4, -0.2) is 20.8 Å². The Bertz CT molecular complexity index is 735. The normalized spacial score (nSPS) is 17.2. The number of rotatable bonds is 4. The number of hydrogen-bond acceptors (Lipinski definition) is 3. The zero-order valence-corrected chi connectivity index (χ0v) is 12.8. The molecule has 1 aliphatic carbocycles. The van der Waals surface area contributed by atoms with E-state index in [0.29, 0.717) is 22.4 Å². The van der Waals surface area contributed by atoms with E-state index in [-0.39, 0.29) is 17.9 Å². The van der Waals surface area contributed by atoms with Gasteiger partial charge < -0.3 is 5.11 Å². The zero-order chi connectivity index (χ0) is 15.7. The Morgan fingerprint density at radius 1 is 1.41 bits per heavy atom. The van der Waals surface area contributed by atoms with E-state index in [2.05, 4.69) is 4.98 Å². The first-order chi connectivity index (χ1) is 10.5. The number of nitrogens with zero attached hydrogens (tertiary/aromatic N) is 2. The van der Waals surface area contributed by atoms with Crippen LogP contribution >= 0.6 is 0 Å². The Morgan fingerprint density at radius 3 is 2.86 bits per heavy atom. The van der Waals surface area contributed by atoms with Gasteiger partial charge >= 0.3 is 0 Å². The SMILES string of the molecule is Cc1cc2c(=O)n(C[C@H](O)CC3CCCC3)cnc2cc1F. The number of benzene rings is 1. The van der Waals surface area contributed by atoms with E-state index in [1.54, 1.807) is 6.92 Å². The zero-order valence-electron chi connectivity index (χ0n) is 12.8. The molecule has 1 N–H and O–H groups in total. The van der Waals surface area contributed by atoms with Crippen LogP contribution < -0.4 is 5.56 Å². The third kappa shape index (κ3) is 3.04. The molecule has 0 aliphatic heterocycles. The minimum absolute atomic E-state index is 0.224. The van der Waals surface area contributed by atoms with E-state index >= 15 is 0 Å². The first kappa shape index (κ1) is 15.2. The third-order valence-corrected chi connectivity index (χ3v) is 4.59. The Labute approximate surface area is 128 Å². The van der Waals surface area contributed by atoms with Crippen LogP contribution in [0.25, 0.3) is 10.9 Å². The average molecular weight is 304 g/mol. The van der Waals surface area contributed by atoms with Crippen molar-refractivity contribution < 1.29 is 9.50 Å². The van der Waals surface area contributed by atoms with Gasteiger partial charge in [0.05, 0.1) is 29.9 Å². The van der Waals surface area contributed by atoms with E-state index in [4.69, 9.17) is 0 Å². The Balaban J connectivity index is 1.83. The molecule has 118 valence electrons. The standard InChI is InChI=1S/C17H21FN2O2/c1-11-6-14-16(8-15(11)18)19-10-20(17(14)22)9-13(21)7-12-4-2-3-5-12/h6,8,10,12-13,21H,2-5,7,9H2,1H3/t13-/m1/s1. The van der Waals surface area contributed by atoms with E-state index in [9.17, 15) is 14.3 Å². The van der Waals surface area contributed by atoms with Crippen LogP contribution in [0.15, 0.2) is 23.3 Å². The van der Waals surface area contributed by atoms with Gasteiger partial charge in [-0.2, -0.15) is 0 Å². The monoisotopic (exact) mass is 304 g/mol. The predicted molar refractivity (Wildman–Crippen MR) is 83.3 cm³/mol. The molecule has 2 aromatic rings. The minimum Gasteiger partial charge on any atom is -0.391 e. The summed E-state index contributed by atoms with van der Waals surface area (Å²) in [6.45, 7) is 1.87. The molecule has 1 saturated carbocycles. The van der Waals surface area contributed by atoms with Crippen LogP contribution in [0.5, 0.6) is 0 Å². The van der Waals surface area contributed by atoms with Crippen LogP contribution in [0.3, 0.4) is 0 Å². The maximum Gasteiger partial charge on any atom is 0.261 e.